The fourth-order valence-corrected chi connectivity index (χ4v) is 2.54. The Kier molecular flexibility index (Phi) is 4.43. The Labute approximate surface area is 114 Å². The van der Waals surface area contributed by atoms with Crippen LogP contribution in [0.4, 0.5) is 0 Å². The van der Waals surface area contributed by atoms with Crippen LogP contribution in [0, 0.1) is 5.41 Å². The normalized spacial score (nSPS) is 16.7. The first kappa shape index (κ1) is 13.9. The molecule has 0 atom stereocenters. The number of phenols is 1. The van der Waals surface area contributed by atoms with E-state index in [1.165, 1.54) is 6.42 Å². The third-order valence-electron chi connectivity index (χ3n) is 4.05. The van der Waals surface area contributed by atoms with Crippen LogP contribution in [0.1, 0.15) is 31.2 Å². The van der Waals surface area contributed by atoms with Crippen LogP contribution in [0.25, 0.3) is 0 Å². The maximum atomic E-state index is 11.8. The molecule has 1 amide bonds. The molecule has 1 aromatic rings. The number of nitrogens with two attached hydrogens (primary N) is 1. The monoisotopic (exact) mass is 262 g/mol. The zero-order valence-electron chi connectivity index (χ0n) is 11.2. The van der Waals surface area contributed by atoms with E-state index in [0.717, 1.165) is 24.8 Å². The molecular weight excluding hydrogens is 240 g/mol. The van der Waals surface area contributed by atoms with Gasteiger partial charge in [-0.05, 0) is 48.9 Å². The summed E-state index contributed by atoms with van der Waals surface area (Å²) in [6, 6.07) is 7.06. The fraction of sp³-hybridized carbons (Fsp3) is 0.533. The van der Waals surface area contributed by atoms with E-state index in [-0.39, 0.29) is 17.1 Å². The Balaban J connectivity index is 1.70. The summed E-state index contributed by atoms with van der Waals surface area (Å²) in [4.78, 5) is 11.8. The highest BCUT2D eigenvalue weighted by Crippen LogP contribution is 2.42. The first-order chi connectivity index (χ1) is 9.13. The van der Waals surface area contributed by atoms with Gasteiger partial charge in [0.2, 0.25) is 5.91 Å². The standard InChI is InChI=1S/C15H22N2O2/c16-11-15(7-1-8-15)10-14(19)17-9-6-12-2-4-13(18)5-3-12/h2-5,18H,1,6-11,16H2,(H,17,19). The van der Waals surface area contributed by atoms with Gasteiger partial charge >= 0.3 is 0 Å². The fourth-order valence-electron chi connectivity index (χ4n) is 2.54. The molecule has 0 radical (unpaired) electrons. The predicted octanol–water partition coefficient (Wildman–Crippen LogP) is 1.57. The lowest BCUT2D eigenvalue weighted by atomic mass is 9.66. The van der Waals surface area contributed by atoms with Gasteiger partial charge in [0.25, 0.3) is 0 Å². The van der Waals surface area contributed by atoms with Gasteiger partial charge in [0, 0.05) is 13.0 Å². The molecule has 0 aromatic heterocycles. The molecule has 4 nitrogen and oxygen atoms in total. The Morgan fingerprint density at radius 3 is 2.53 bits per heavy atom. The summed E-state index contributed by atoms with van der Waals surface area (Å²) in [5, 5.41) is 12.1. The summed E-state index contributed by atoms with van der Waals surface area (Å²) in [7, 11) is 0. The average molecular weight is 262 g/mol. The molecule has 0 unspecified atom stereocenters. The smallest absolute Gasteiger partial charge is 0.220 e. The molecule has 2 rings (SSSR count). The van der Waals surface area contributed by atoms with Gasteiger partial charge in [-0.15, -0.1) is 0 Å². The maximum absolute atomic E-state index is 11.8. The van der Waals surface area contributed by atoms with Gasteiger partial charge < -0.3 is 16.2 Å². The summed E-state index contributed by atoms with van der Waals surface area (Å²) in [5.74, 6) is 0.367. The van der Waals surface area contributed by atoms with Crippen molar-refractivity contribution in [3.63, 3.8) is 0 Å². The van der Waals surface area contributed by atoms with Crippen LogP contribution in [0.5, 0.6) is 5.75 Å². The molecule has 0 saturated heterocycles. The molecule has 1 aromatic carbocycles. The zero-order valence-corrected chi connectivity index (χ0v) is 11.2. The number of amides is 1. The van der Waals surface area contributed by atoms with Crippen LogP contribution in [-0.2, 0) is 11.2 Å². The third kappa shape index (κ3) is 3.70. The van der Waals surface area contributed by atoms with E-state index < -0.39 is 0 Å². The second kappa shape index (κ2) is 6.06. The van der Waals surface area contributed by atoms with Crippen LogP contribution in [-0.4, -0.2) is 24.1 Å². The molecule has 1 saturated carbocycles. The number of benzene rings is 1. The van der Waals surface area contributed by atoms with Crippen molar-refractivity contribution in [2.45, 2.75) is 32.1 Å². The first-order valence-electron chi connectivity index (χ1n) is 6.88. The molecule has 0 aliphatic heterocycles. The van der Waals surface area contributed by atoms with Crippen LogP contribution in [0.15, 0.2) is 24.3 Å². The van der Waals surface area contributed by atoms with E-state index >= 15 is 0 Å². The van der Waals surface area contributed by atoms with Crippen LogP contribution >= 0.6 is 0 Å². The van der Waals surface area contributed by atoms with E-state index in [2.05, 4.69) is 5.32 Å². The van der Waals surface area contributed by atoms with Crippen LogP contribution in [0.2, 0.25) is 0 Å². The molecule has 0 heterocycles. The van der Waals surface area contributed by atoms with Crippen LogP contribution < -0.4 is 11.1 Å². The molecule has 0 spiro atoms. The van der Waals surface area contributed by atoms with Crippen molar-refractivity contribution in [3.8, 4) is 5.75 Å². The lowest BCUT2D eigenvalue weighted by Gasteiger charge is -2.40. The quantitative estimate of drug-likeness (QED) is 0.728. The van der Waals surface area contributed by atoms with E-state index in [1.54, 1.807) is 12.1 Å². The second-order valence-corrected chi connectivity index (χ2v) is 5.50. The molecule has 0 bridgehead atoms. The first-order valence-corrected chi connectivity index (χ1v) is 6.88. The number of carbonyl (C=O) groups excluding carboxylic acids is 1. The molecule has 19 heavy (non-hydrogen) atoms. The summed E-state index contributed by atoms with van der Waals surface area (Å²) in [5.41, 5.74) is 6.93. The summed E-state index contributed by atoms with van der Waals surface area (Å²) >= 11 is 0. The predicted molar refractivity (Wildman–Crippen MR) is 74.8 cm³/mol. The van der Waals surface area contributed by atoms with E-state index in [9.17, 15) is 9.90 Å². The number of rotatable bonds is 6. The van der Waals surface area contributed by atoms with Gasteiger partial charge in [-0.2, -0.15) is 0 Å². The Hall–Kier alpha value is -1.55. The minimum absolute atomic E-state index is 0.0720. The van der Waals surface area contributed by atoms with Gasteiger partial charge in [-0.1, -0.05) is 18.6 Å². The highest BCUT2D eigenvalue weighted by atomic mass is 16.3. The van der Waals surface area contributed by atoms with Gasteiger partial charge in [-0.25, -0.2) is 0 Å². The molecule has 1 aliphatic rings. The zero-order chi connectivity index (χ0) is 13.7. The van der Waals surface area contributed by atoms with Gasteiger partial charge in [0.15, 0.2) is 0 Å². The lowest BCUT2D eigenvalue weighted by Crippen LogP contribution is -2.42. The number of phenolic OH excluding ortho intramolecular Hbond substituents is 1. The van der Waals surface area contributed by atoms with Gasteiger partial charge in [0.1, 0.15) is 5.75 Å². The number of hydrogen-bond donors (Lipinski definition) is 3. The van der Waals surface area contributed by atoms with Crippen molar-refractivity contribution in [3.05, 3.63) is 29.8 Å². The number of carbonyl (C=O) groups is 1. The largest absolute Gasteiger partial charge is 0.508 e. The molecule has 4 N–H and O–H groups in total. The molecule has 104 valence electrons. The number of aromatic hydroxyl groups is 1. The van der Waals surface area contributed by atoms with Crippen molar-refractivity contribution in [2.24, 2.45) is 11.1 Å². The Bertz CT molecular complexity index is 419. The highest BCUT2D eigenvalue weighted by molar-refractivity contribution is 5.76. The Morgan fingerprint density at radius 2 is 2.00 bits per heavy atom. The van der Waals surface area contributed by atoms with Crippen molar-refractivity contribution in [1.29, 1.82) is 0 Å². The molecule has 4 heteroatoms. The number of nitrogens with one attached hydrogen (secondary N) is 1. The van der Waals surface area contributed by atoms with Gasteiger partial charge in [0.05, 0.1) is 0 Å². The number of hydrogen-bond acceptors (Lipinski definition) is 3. The molecule has 1 fully saturated rings. The Morgan fingerprint density at radius 1 is 1.32 bits per heavy atom. The summed E-state index contributed by atoms with van der Waals surface area (Å²) in [6.07, 6.45) is 4.68. The summed E-state index contributed by atoms with van der Waals surface area (Å²) in [6.45, 7) is 1.24. The topological polar surface area (TPSA) is 75.4 Å². The van der Waals surface area contributed by atoms with Crippen molar-refractivity contribution >= 4 is 5.91 Å². The third-order valence-corrected chi connectivity index (χ3v) is 4.05. The SMILES string of the molecule is NCC1(CC(=O)NCCc2ccc(O)cc2)CCC1. The lowest BCUT2D eigenvalue weighted by molar-refractivity contribution is -0.124. The van der Waals surface area contributed by atoms with Crippen LogP contribution in [0.3, 0.4) is 0 Å². The van der Waals surface area contributed by atoms with E-state index in [0.29, 0.717) is 19.5 Å². The molecular formula is C15H22N2O2. The molecule has 1 aliphatic carbocycles. The minimum atomic E-state index is 0.0720. The van der Waals surface area contributed by atoms with E-state index in [4.69, 9.17) is 5.73 Å². The minimum Gasteiger partial charge on any atom is -0.508 e. The van der Waals surface area contributed by atoms with E-state index in [1.807, 2.05) is 12.1 Å². The maximum Gasteiger partial charge on any atom is 0.220 e. The summed E-state index contributed by atoms with van der Waals surface area (Å²) < 4.78 is 0. The van der Waals surface area contributed by atoms with Crippen molar-refractivity contribution in [1.82, 2.24) is 5.32 Å². The van der Waals surface area contributed by atoms with Crippen molar-refractivity contribution < 1.29 is 9.90 Å². The highest BCUT2D eigenvalue weighted by Gasteiger charge is 2.37. The average Bonchev–Trinajstić information content (AvgIpc) is 2.36. The second-order valence-electron chi connectivity index (χ2n) is 5.50. The van der Waals surface area contributed by atoms with Crippen molar-refractivity contribution in [2.75, 3.05) is 13.1 Å². The van der Waals surface area contributed by atoms with Gasteiger partial charge in [-0.3, -0.25) is 4.79 Å².